The number of piperidine rings is 1. The molecule has 1 aliphatic carbocycles. The van der Waals surface area contributed by atoms with Crippen molar-refractivity contribution >= 4 is 51.8 Å². The fourth-order valence-electron chi connectivity index (χ4n) is 11.3. The van der Waals surface area contributed by atoms with E-state index in [0.717, 1.165) is 115 Å². The third kappa shape index (κ3) is 6.29. The van der Waals surface area contributed by atoms with Gasteiger partial charge in [0.15, 0.2) is 11.6 Å². The Morgan fingerprint density at radius 1 is 0.754 bits per heavy atom. The van der Waals surface area contributed by atoms with Gasteiger partial charge in [-0.2, -0.15) is 0 Å². The van der Waals surface area contributed by atoms with Gasteiger partial charge in [0.25, 0.3) is 11.8 Å². The lowest BCUT2D eigenvalue weighted by atomic mass is 9.98. The number of piperazine rings is 1. The van der Waals surface area contributed by atoms with Crippen LogP contribution in [0, 0.1) is 18.8 Å². The molecule has 5 aliphatic heterocycles. The topological polar surface area (TPSA) is 158 Å². The molecule has 14 nitrogen and oxygen atoms in total. The molecule has 61 heavy (non-hydrogen) atoms. The molecule has 11 rings (SSSR count). The molecule has 3 unspecified atom stereocenters. The summed E-state index contributed by atoms with van der Waals surface area (Å²) in [5.74, 6) is -0.0556. The van der Waals surface area contributed by atoms with Gasteiger partial charge in [-0.3, -0.25) is 44.0 Å². The van der Waals surface area contributed by atoms with Crippen molar-refractivity contribution in [3.05, 3.63) is 89.1 Å². The van der Waals surface area contributed by atoms with Crippen LogP contribution < -0.4 is 15.1 Å². The Balaban J connectivity index is 0.691. The summed E-state index contributed by atoms with van der Waals surface area (Å²) in [6.07, 6.45) is 2.53. The highest BCUT2D eigenvalue weighted by atomic mass is 16.2. The number of aromatic amines is 2. The summed E-state index contributed by atoms with van der Waals surface area (Å²) in [5.41, 5.74) is 8.77. The van der Waals surface area contributed by atoms with Crippen LogP contribution >= 0.6 is 0 Å². The first-order valence-electron chi connectivity index (χ1n) is 21.7. The number of nitrogens with zero attached hydrogens (tertiary/aromatic N) is 6. The van der Waals surface area contributed by atoms with E-state index in [4.69, 9.17) is 4.98 Å². The zero-order valence-electron chi connectivity index (χ0n) is 34.4. The number of carbonyl (C=O) groups is 5. The van der Waals surface area contributed by atoms with Gasteiger partial charge in [0.1, 0.15) is 6.04 Å². The number of anilines is 2. The van der Waals surface area contributed by atoms with Crippen molar-refractivity contribution in [2.75, 3.05) is 62.2 Å². The van der Waals surface area contributed by atoms with Crippen molar-refractivity contribution in [3.8, 4) is 22.6 Å². The molecule has 3 atom stereocenters. The molecule has 4 amide bonds. The van der Waals surface area contributed by atoms with E-state index >= 15 is 0 Å². The summed E-state index contributed by atoms with van der Waals surface area (Å²) >= 11 is 0. The maximum atomic E-state index is 13.8. The minimum atomic E-state index is -0.965. The molecule has 312 valence electrons. The first-order chi connectivity index (χ1) is 29.6. The number of ketones is 1. The molecule has 2 aromatic heterocycles. The Morgan fingerprint density at radius 3 is 2.23 bits per heavy atom. The van der Waals surface area contributed by atoms with Gasteiger partial charge in [0.05, 0.1) is 33.5 Å². The molecule has 1 saturated carbocycles. The molecule has 3 N–H and O–H groups in total. The molecule has 7 heterocycles. The summed E-state index contributed by atoms with van der Waals surface area (Å²) in [6, 6.07) is 22.1. The molecular formula is C47H49N9O5. The van der Waals surface area contributed by atoms with Gasteiger partial charge in [0, 0.05) is 93.4 Å². The summed E-state index contributed by atoms with van der Waals surface area (Å²) in [6.45, 7) is 11.4. The van der Waals surface area contributed by atoms with Crippen LogP contribution in [0.1, 0.15) is 69.4 Å². The number of carbonyl (C=O) groups excluding carboxylic acids is 5. The second-order valence-corrected chi connectivity index (χ2v) is 17.9. The number of imidazole rings is 1. The summed E-state index contributed by atoms with van der Waals surface area (Å²) in [5, 5.41) is 2.29. The van der Waals surface area contributed by atoms with Gasteiger partial charge in [-0.25, -0.2) is 4.98 Å². The minimum absolute atomic E-state index is 0.0246. The monoisotopic (exact) mass is 819 g/mol. The van der Waals surface area contributed by atoms with Crippen molar-refractivity contribution in [1.82, 2.24) is 35.0 Å². The van der Waals surface area contributed by atoms with Crippen LogP contribution in [0.15, 0.2) is 66.7 Å². The number of hydrogen-bond acceptors (Lipinski definition) is 10. The van der Waals surface area contributed by atoms with Crippen LogP contribution in [-0.4, -0.2) is 130 Å². The quantitative estimate of drug-likeness (QED) is 0.146. The highest BCUT2D eigenvalue weighted by molar-refractivity contribution is 6.25. The van der Waals surface area contributed by atoms with Crippen molar-refractivity contribution in [2.45, 2.75) is 57.7 Å². The number of benzene rings is 3. The highest BCUT2D eigenvalue weighted by Gasteiger charge is 2.49. The van der Waals surface area contributed by atoms with Gasteiger partial charge >= 0.3 is 0 Å². The van der Waals surface area contributed by atoms with Crippen molar-refractivity contribution in [3.63, 3.8) is 0 Å². The SMILES string of the molecule is CC(=O)c1c(C)[nH]c(-c2nc3ccc(N4CCN(C5CN(C6CC7CN(c8cccc9c8C(=O)N(C8CCC(=O)NC8=O)C9=O)CC7C6)C5)CC4)cc3[nH]2)c1-c1ccccc1. The van der Waals surface area contributed by atoms with Crippen molar-refractivity contribution < 1.29 is 24.0 Å². The highest BCUT2D eigenvalue weighted by Crippen LogP contribution is 2.45. The first kappa shape index (κ1) is 37.8. The Kier molecular flexibility index (Phi) is 9.01. The zero-order chi connectivity index (χ0) is 41.7. The number of Topliss-reactive ketones (excluding diaryl/α,β-unsaturated/α-hetero) is 1. The van der Waals surface area contributed by atoms with Crippen LogP contribution in [0.2, 0.25) is 0 Å². The number of imide groups is 2. The third-order valence-corrected chi connectivity index (χ3v) is 14.4. The summed E-state index contributed by atoms with van der Waals surface area (Å²) in [4.78, 5) is 87.4. The van der Waals surface area contributed by atoms with Crippen LogP contribution in [0.3, 0.4) is 0 Å². The Labute approximate surface area is 353 Å². The number of amides is 4. The van der Waals surface area contributed by atoms with E-state index in [9.17, 15) is 24.0 Å². The smallest absolute Gasteiger partial charge is 0.264 e. The molecule has 0 radical (unpaired) electrons. The number of aromatic nitrogens is 3. The second-order valence-electron chi connectivity index (χ2n) is 17.9. The molecule has 6 aliphatic rings. The third-order valence-electron chi connectivity index (χ3n) is 14.4. The number of nitrogens with one attached hydrogen (secondary N) is 3. The van der Waals surface area contributed by atoms with E-state index in [1.165, 1.54) is 5.69 Å². The number of H-pyrrole nitrogens is 2. The van der Waals surface area contributed by atoms with E-state index in [0.29, 0.717) is 40.6 Å². The van der Waals surface area contributed by atoms with Crippen LogP contribution in [0.25, 0.3) is 33.7 Å². The average Bonchev–Trinajstić information content (AvgIpc) is 4.06. The Hall–Kier alpha value is -6.12. The molecule has 14 heteroatoms. The minimum Gasteiger partial charge on any atom is -0.370 e. The Bertz CT molecular complexity index is 2620. The molecule has 0 spiro atoms. The van der Waals surface area contributed by atoms with Crippen LogP contribution in [-0.2, 0) is 9.59 Å². The van der Waals surface area contributed by atoms with Gasteiger partial charge in [0.2, 0.25) is 11.8 Å². The number of hydrogen-bond donors (Lipinski definition) is 3. The van der Waals surface area contributed by atoms with E-state index in [1.807, 2.05) is 49.4 Å². The lowest BCUT2D eigenvalue weighted by Crippen LogP contribution is -2.64. The first-order valence-corrected chi connectivity index (χ1v) is 21.7. The Morgan fingerprint density at radius 2 is 1.51 bits per heavy atom. The van der Waals surface area contributed by atoms with Crippen LogP contribution in [0.5, 0.6) is 0 Å². The number of aryl methyl sites for hydroxylation is 1. The van der Waals surface area contributed by atoms with E-state index in [-0.39, 0.29) is 24.5 Å². The number of fused-ring (bicyclic) bond motifs is 3. The van der Waals surface area contributed by atoms with Gasteiger partial charge < -0.3 is 19.8 Å². The van der Waals surface area contributed by atoms with Gasteiger partial charge in [-0.05, 0) is 80.8 Å². The molecule has 0 bridgehead atoms. The molecular weight excluding hydrogens is 771 g/mol. The maximum absolute atomic E-state index is 13.8. The van der Waals surface area contributed by atoms with E-state index < -0.39 is 23.8 Å². The molecule has 5 aromatic rings. The fourth-order valence-corrected chi connectivity index (χ4v) is 11.3. The molecule has 3 aromatic carbocycles. The fraction of sp³-hybridized carbons (Fsp3) is 0.404. The van der Waals surface area contributed by atoms with E-state index in [2.05, 4.69) is 53.1 Å². The van der Waals surface area contributed by atoms with Gasteiger partial charge in [-0.15, -0.1) is 0 Å². The predicted octanol–water partition coefficient (Wildman–Crippen LogP) is 4.86. The lowest BCUT2D eigenvalue weighted by molar-refractivity contribution is -0.136. The standard InChI is InChI=1S/C47H49N9O5/c1-26-40(27(2)57)41(28-7-4-3-5-8-28)43(48-26)44-49-35-12-11-31(21-36(35)50-44)52-15-17-53(18-16-52)33-24-54(25-33)32-19-29-22-55(23-30(29)20-32)37-10-6-9-34-42(37)47(61)56(46(34)60)38-13-14-39(58)51-45(38)59/h3-12,21,29-30,32-33,38,48H,13-20,22-25H2,1-2H3,(H,49,50)(H,51,58,59). The van der Waals surface area contributed by atoms with Crippen molar-refractivity contribution in [1.29, 1.82) is 0 Å². The molecule has 4 saturated heterocycles. The number of rotatable bonds is 8. The normalized spacial score (nSPS) is 24.8. The zero-order valence-corrected chi connectivity index (χ0v) is 34.4. The lowest BCUT2D eigenvalue weighted by Gasteiger charge is -2.50. The summed E-state index contributed by atoms with van der Waals surface area (Å²) < 4.78 is 0. The number of likely N-dealkylation sites (tertiary alicyclic amines) is 1. The maximum Gasteiger partial charge on any atom is 0.264 e. The predicted molar refractivity (Wildman–Crippen MR) is 231 cm³/mol. The molecule has 5 fully saturated rings. The van der Waals surface area contributed by atoms with E-state index in [1.54, 1.807) is 13.0 Å². The average molecular weight is 820 g/mol. The largest absolute Gasteiger partial charge is 0.370 e. The van der Waals surface area contributed by atoms with Gasteiger partial charge in [-0.1, -0.05) is 36.4 Å². The van der Waals surface area contributed by atoms with Crippen LogP contribution in [0.4, 0.5) is 11.4 Å². The second kappa shape index (κ2) is 14.5. The summed E-state index contributed by atoms with van der Waals surface area (Å²) in [7, 11) is 0. The van der Waals surface area contributed by atoms with Crippen molar-refractivity contribution in [2.24, 2.45) is 11.8 Å².